The van der Waals surface area contributed by atoms with Gasteiger partial charge in [0.25, 0.3) is 0 Å². The van der Waals surface area contributed by atoms with Crippen LogP contribution in [-0.4, -0.2) is 50.6 Å². The van der Waals surface area contributed by atoms with Gasteiger partial charge in [-0.25, -0.2) is 13.2 Å². The van der Waals surface area contributed by atoms with Crippen LogP contribution in [0.1, 0.15) is 23.2 Å². The molecular formula is C14H19NO5S. The molecule has 7 heteroatoms. The molecule has 0 saturated carbocycles. The lowest BCUT2D eigenvalue weighted by atomic mass is 10.1. The van der Waals surface area contributed by atoms with E-state index in [0.29, 0.717) is 19.5 Å². The largest absolute Gasteiger partial charge is 0.465 e. The number of sulfonamides is 1. The fraction of sp³-hybridized carbons (Fsp3) is 0.500. The van der Waals surface area contributed by atoms with Crippen LogP contribution in [0.2, 0.25) is 0 Å². The van der Waals surface area contributed by atoms with Gasteiger partial charge >= 0.3 is 5.97 Å². The second-order valence-electron chi connectivity index (χ2n) is 5.05. The van der Waals surface area contributed by atoms with E-state index in [2.05, 4.69) is 4.74 Å². The highest BCUT2D eigenvalue weighted by atomic mass is 32.2. The highest BCUT2D eigenvalue weighted by Gasteiger charge is 2.32. The average Bonchev–Trinajstić information content (AvgIpc) is 2.96. The molecule has 1 heterocycles. The van der Waals surface area contributed by atoms with Crippen molar-refractivity contribution in [2.24, 2.45) is 5.92 Å². The predicted octanol–water partition coefficient (Wildman–Crippen LogP) is 0.866. The van der Waals surface area contributed by atoms with Gasteiger partial charge in [-0.15, -0.1) is 0 Å². The van der Waals surface area contributed by atoms with Crippen molar-refractivity contribution in [3.8, 4) is 0 Å². The number of hydrogen-bond acceptors (Lipinski definition) is 5. The molecule has 1 fully saturated rings. The summed E-state index contributed by atoms with van der Waals surface area (Å²) in [4.78, 5) is 11.6. The van der Waals surface area contributed by atoms with Gasteiger partial charge in [-0.1, -0.05) is 6.07 Å². The minimum absolute atomic E-state index is 0.0659. The fourth-order valence-electron chi connectivity index (χ4n) is 2.48. The highest BCUT2D eigenvalue weighted by Crippen LogP contribution is 2.26. The number of carbonyl (C=O) groups is 1. The molecule has 1 N–H and O–H groups in total. The SMILES string of the molecule is COC(=O)c1cccc(S(=O)(=O)N2CCC(CCO)C2)c1. The van der Waals surface area contributed by atoms with Crippen molar-refractivity contribution in [2.45, 2.75) is 17.7 Å². The average molecular weight is 313 g/mol. The lowest BCUT2D eigenvalue weighted by Crippen LogP contribution is -2.29. The standard InChI is InChI=1S/C14H19NO5S/c1-20-14(17)12-3-2-4-13(9-12)21(18,19)15-7-5-11(10-15)6-8-16/h2-4,9,11,16H,5-8,10H2,1H3. The molecule has 21 heavy (non-hydrogen) atoms. The Morgan fingerprint density at radius 2 is 2.24 bits per heavy atom. The van der Waals surface area contributed by atoms with Crippen molar-refractivity contribution in [3.05, 3.63) is 29.8 Å². The Hall–Kier alpha value is -1.44. The summed E-state index contributed by atoms with van der Waals surface area (Å²) in [6.45, 7) is 0.914. The predicted molar refractivity (Wildman–Crippen MR) is 76.4 cm³/mol. The van der Waals surface area contributed by atoms with Crippen molar-refractivity contribution in [2.75, 3.05) is 26.8 Å². The molecule has 6 nitrogen and oxygen atoms in total. The second-order valence-corrected chi connectivity index (χ2v) is 6.99. The second kappa shape index (κ2) is 6.55. The van der Waals surface area contributed by atoms with Gasteiger partial charge < -0.3 is 9.84 Å². The van der Waals surface area contributed by atoms with Crippen LogP contribution in [0.5, 0.6) is 0 Å². The molecule has 1 aromatic carbocycles. The van der Waals surface area contributed by atoms with Crippen LogP contribution in [0, 0.1) is 5.92 Å². The van der Waals surface area contributed by atoms with Gasteiger partial charge in [0.2, 0.25) is 10.0 Å². The van der Waals surface area contributed by atoms with E-state index in [4.69, 9.17) is 5.11 Å². The molecule has 1 aliphatic rings. The van der Waals surface area contributed by atoms with Crippen molar-refractivity contribution >= 4 is 16.0 Å². The van der Waals surface area contributed by atoms with Gasteiger partial charge in [0.1, 0.15) is 0 Å². The van der Waals surface area contributed by atoms with E-state index in [1.54, 1.807) is 0 Å². The molecule has 0 radical (unpaired) electrons. The fourth-order valence-corrected chi connectivity index (χ4v) is 4.06. The number of aliphatic hydroxyl groups is 1. The molecule has 0 spiro atoms. The normalized spacial score (nSPS) is 19.6. The van der Waals surface area contributed by atoms with Crippen LogP contribution >= 0.6 is 0 Å². The topological polar surface area (TPSA) is 83.9 Å². The molecule has 0 bridgehead atoms. The number of aliphatic hydroxyl groups excluding tert-OH is 1. The number of methoxy groups -OCH3 is 1. The molecule has 1 saturated heterocycles. The summed E-state index contributed by atoms with van der Waals surface area (Å²) in [7, 11) is -2.36. The van der Waals surface area contributed by atoms with Gasteiger partial charge in [0.05, 0.1) is 17.6 Å². The quantitative estimate of drug-likeness (QED) is 0.815. The summed E-state index contributed by atoms with van der Waals surface area (Å²) in [6, 6.07) is 5.85. The number of carbonyl (C=O) groups excluding carboxylic acids is 1. The molecule has 1 atom stereocenters. The first-order valence-electron chi connectivity index (χ1n) is 6.78. The summed E-state index contributed by atoms with van der Waals surface area (Å²) in [5.41, 5.74) is 0.213. The van der Waals surface area contributed by atoms with Gasteiger partial charge in [0.15, 0.2) is 0 Å². The van der Waals surface area contributed by atoms with E-state index in [1.165, 1.54) is 35.7 Å². The smallest absolute Gasteiger partial charge is 0.337 e. The zero-order valence-corrected chi connectivity index (χ0v) is 12.7. The summed E-state index contributed by atoms with van der Waals surface area (Å²) in [5.74, 6) is -0.375. The Morgan fingerprint density at radius 3 is 2.90 bits per heavy atom. The third-order valence-corrected chi connectivity index (χ3v) is 5.54. The zero-order chi connectivity index (χ0) is 15.5. The van der Waals surface area contributed by atoms with Crippen LogP contribution in [-0.2, 0) is 14.8 Å². The Bertz CT molecular complexity index is 614. The number of hydrogen-bond donors (Lipinski definition) is 1. The van der Waals surface area contributed by atoms with Gasteiger partial charge in [-0.05, 0) is 37.0 Å². The molecule has 0 amide bonds. The lowest BCUT2D eigenvalue weighted by Gasteiger charge is -2.17. The van der Waals surface area contributed by atoms with E-state index < -0.39 is 16.0 Å². The summed E-state index contributed by atoms with van der Waals surface area (Å²) >= 11 is 0. The molecule has 1 aliphatic heterocycles. The van der Waals surface area contributed by atoms with Gasteiger partial charge in [-0.2, -0.15) is 4.31 Å². The Kier molecular flexibility index (Phi) is 4.97. The molecule has 0 aromatic heterocycles. The van der Waals surface area contributed by atoms with Gasteiger partial charge in [-0.3, -0.25) is 0 Å². The molecule has 2 rings (SSSR count). The molecular weight excluding hydrogens is 294 g/mol. The van der Waals surface area contributed by atoms with Crippen LogP contribution in [0.25, 0.3) is 0 Å². The van der Waals surface area contributed by atoms with Crippen molar-refractivity contribution < 1.29 is 23.1 Å². The molecule has 1 unspecified atom stereocenters. The summed E-state index contributed by atoms with van der Waals surface area (Å²) < 4.78 is 31.1. The third-order valence-electron chi connectivity index (χ3n) is 3.68. The first-order chi connectivity index (χ1) is 9.98. The zero-order valence-electron chi connectivity index (χ0n) is 11.9. The number of ether oxygens (including phenoxy) is 1. The number of nitrogens with zero attached hydrogens (tertiary/aromatic N) is 1. The Labute approximate surface area is 124 Å². The van der Waals surface area contributed by atoms with Crippen LogP contribution in [0.15, 0.2) is 29.2 Å². The van der Waals surface area contributed by atoms with Crippen molar-refractivity contribution in [3.63, 3.8) is 0 Å². The summed E-state index contributed by atoms with van der Waals surface area (Å²) in [6.07, 6.45) is 1.35. The minimum atomic E-state index is -3.61. The molecule has 1 aromatic rings. The minimum Gasteiger partial charge on any atom is -0.465 e. The van der Waals surface area contributed by atoms with E-state index in [0.717, 1.165) is 6.42 Å². The van der Waals surface area contributed by atoms with E-state index in [-0.39, 0.29) is 23.0 Å². The monoisotopic (exact) mass is 313 g/mol. The maximum atomic E-state index is 12.6. The van der Waals surface area contributed by atoms with Crippen LogP contribution in [0.3, 0.4) is 0 Å². The maximum absolute atomic E-state index is 12.6. The third kappa shape index (κ3) is 3.42. The number of rotatable bonds is 5. The highest BCUT2D eigenvalue weighted by molar-refractivity contribution is 7.89. The van der Waals surface area contributed by atoms with Crippen LogP contribution < -0.4 is 0 Å². The van der Waals surface area contributed by atoms with Gasteiger partial charge in [0, 0.05) is 19.7 Å². The summed E-state index contributed by atoms with van der Waals surface area (Å²) in [5, 5.41) is 8.94. The molecule has 116 valence electrons. The maximum Gasteiger partial charge on any atom is 0.337 e. The Morgan fingerprint density at radius 1 is 1.48 bits per heavy atom. The first-order valence-corrected chi connectivity index (χ1v) is 8.22. The Balaban J connectivity index is 2.22. The van der Waals surface area contributed by atoms with Crippen molar-refractivity contribution in [1.29, 1.82) is 0 Å². The van der Waals surface area contributed by atoms with E-state index in [9.17, 15) is 13.2 Å². The molecule has 0 aliphatic carbocycles. The van der Waals surface area contributed by atoms with E-state index >= 15 is 0 Å². The first kappa shape index (κ1) is 15.9. The number of benzene rings is 1. The number of esters is 1. The van der Waals surface area contributed by atoms with Crippen molar-refractivity contribution in [1.82, 2.24) is 4.31 Å². The van der Waals surface area contributed by atoms with Crippen LogP contribution in [0.4, 0.5) is 0 Å². The lowest BCUT2D eigenvalue weighted by molar-refractivity contribution is 0.0600. The van der Waals surface area contributed by atoms with E-state index in [1.807, 2.05) is 0 Å².